The zero-order valence-electron chi connectivity index (χ0n) is 15.2. The maximum atomic E-state index is 5.88. The molecule has 0 unspecified atom stereocenters. The molecule has 0 N–H and O–H groups in total. The standard InChI is InChI=1S/C20H25BrN2O3/c1-15-13-17(26-23-15)7-5-3-2-4-6-11-24-19-9-8-16(14-18(19)21)20-22-10-12-25-20/h8-9,13-14H,2-7,10-12H2,1H3. The monoisotopic (exact) mass is 420 g/mol. The molecule has 26 heavy (non-hydrogen) atoms. The van der Waals surface area contributed by atoms with Gasteiger partial charge < -0.3 is 14.0 Å². The van der Waals surface area contributed by atoms with Crippen LogP contribution < -0.4 is 4.74 Å². The average molecular weight is 421 g/mol. The fourth-order valence-electron chi connectivity index (χ4n) is 2.91. The SMILES string of the molecule is Cc1cc(CCCCCCCOc2ccc(C3=NCCO3)cc2Br)on1. The zero-order valence-corrected chi connectivity index (χ0v) is 16.8. The van der Waals surface area contributed by atoms with Crippen molar-refractivity contribution in [3.05, 3.63) is 45.8 Å². The van der Waals surface area contributed by atoms with Crippen molar-refractivity contribution in [1.82, 2.24) is 5.16 Å². The molecule has 0 spiro atoms. The van der Waals surface area contributed by atoms with Crippen LogP contribution in [0.3, 0.4) is 0 Å². The van der Waals surface area contributed by atoms with Crippen LogP contribution in [0.4, 0.5) is 0 Å². The number of nitrogens with zero attached hydrogens (tertiary/aromatic N) is 2. The molecule has 0 fully saturated rings. The Bertz CT molecular complexity index is 742. The minimum Gasteiger partial charge on any atom is -0.492 e. The van der Waals surface area contributed by atoms with E-state index in [9.17, 15) is 0 Å². The van der Waals surface area contributed by atoms with E-state index in [0.717, 1.165) is 65.6 Å². The summed E-state index contributed by atoms with van der Waals surface area (Å²) >= 11 is 3.57. The van der Waals surface area contributed by atoms with Gasteiger partial charge >= 0.3 is 0 Å². The van der Waals surface area contributed by atoms with E-state index < -0.39 is 0 Å². The van der Waals surface area contributed by atoms with Crippen LogP contribution in [0.1, 0.15) is 49.1 Å². The molecule has 1 aromatic carbocycles. The molecule has 0 aliphatic carbocycles. The second kappa shape index (κ2) is 9.76. The van der Waals surface area contributed by atoms with Gasteiger partial charge in [0.1, 0.15) is 18.1 Å². The summed E-state index contributed by atoms with van der Waals surface area (Å²) in [6.45, 7) is 4.10. The summed E-state index contributed by atoms with van der Waals surface area (Å²) in [5, 5.41) is 3.91. The van der Waals surface area contributed by atoms with Crippen LogP contribution >= 0.6 is 15.9 Å². The van der Waals surface area contributed by atoms with E-state index >= 15 is 0 Å². The summed E-state index contributed by atoms with van der Waals surface area (Å²) in [5.74, 6) is 2.58. The molecule has 140 valence electrons. The first-order valence-corrected chi connectivity index (χ1v) is 10.0. The van der Waals surface area contributed by atoms with E-state index in [1.165, 1.54) is 19.3 Å². The lowest BCUT2D eigenvalue weighted by Crippen LogP contribution is -2.02. The number of ether oxygens (including phenoxy) is 2. The van der Waals surface area contributed by atoms with Crippen molar-refractivity contribution in [3.8, 4) is 5.75 Å². The summed E-state index contributed by atoms with van der Waals surface area (Å²) in [6, 6.07) is 7.99. The number of benzene rings is 1. The highest BCUT2D eigenvalue weighted by Gasteiger charge is 2.12. The van der Waals surface area contributed by atoms with Gasteiger partial charge in [0.25, 0.3) is 0 Å². The van der Waals surface area contributed by atoms with Gasteiger partial charge in [-0.05, 0) is 53.9 Å². The smallest absolute Gasteiger partial charge is 0.216 e. The fourth-order valence-corrected chi connectivity index (χ4v) is 3.40. The number of hydrogen-bond acceptors (Lipinski definition) is 5. The van der Waals surface area contributed by atoms with Crippen LogP contribution in [0, 0.1) is 6.92 Å². The highest BCUT2D eigenvalue weighted by Crippen LogP contribution is 2.27. The van der Waals surface area contributed by atoms with Crippen molar-refractivity contribution in [2.45, 2.75) is 45.4 Å². The minimum atomic E-state index is 0.670. The van der Waals surface area contributed by atoms with Crippen molar-refractivity contribution >= 4 is 21.8 Å². The lowest BCUT2D eigenvalue weighted by Gasteiger charge is -2.10. The highest BCUT2D eigenvalue weighted by atomic mass is 79.9. The number of aromatic nitrogens is 1. The summed E-state index contributed by atoms with van der Waals surface area (Å²) < 4.78 is 17.5. The zero-order chi connectivity index (χ0) is 18.2. The van der Waals surface area contributed by atoms with E-state index in [1.54, 1.807) is 0 Å². The normalized spacial score (nSPS) is 13.5. The number of aryl methyl sites for hydroxylation is 2. The Kier molecular flexibility index (Phi) is 7.12. The third-order valence-electron chi connectivity index (χ3n) is 4.27. The largest absolute Gasteiger partial charge is 0.492 e. The average Bonchev–Trinajstić information content (AvgIpc) is 3.30. The molecule has 1 aromatic heterocycles. The van der Waals surface area contributed by atoms with Gasteiger partial charge in [-0.3, -0.25) is 0 Å². The molecular weight excluding hydrogens is 396 g/mol. The molecule has 0 saturated heterocycles. The molecular formula is C20H25BrN2O3. The number of halogens is 1. The predicted molar refractivity (Wildman–Crippen MR) is 105 cm³/mol. The van der Waals surface area contributed by atoms with Gasteiger partial charge in [0.2, 0.25) is 5.90 Å². The van der Waals surface area contributed by atoms with Crippen LogP contribution in [-0.4, -0.2) is 30.8 Å². The number of hydrogen-bond donors (Lipinski definition) is 0. The van der Waals surface area contributed by atoms with Gasteiger partial charge in [-0.25, -0.2) is 4.99 Å². The van der Waals surface area contributed by atoms with E-state index in [-0.39, 0.29) is 0 Å². The summed E-state index contributed by atoms with van der Waals surface area (Å²) in [7, 11) is 0. The third-order valence-corrected chi connectivity index (χ3v) is 4.89. The Morgan fingerprint density at radius 1 is 1.12 bits per heavy atom. The second-order valence-electron chi connectivity index (χ2n) is 6.48. The van der Waals surface area contributed by atoms with E-state index in [4.69, 9.17) is 14.0 Å². The molecule has 2 heterocycles. The first-order chi connectivity index (χ1) is 12.7. The van der Waals surface area contributed by atoms with Gasteiger partial charge in [-0.1, -0.05) is 24.4 Å². The quantitative estimate of drug-likeness (QED) is 0.501. The van der Waals surface area contributed by atoms with Gasteiger partial charge in [0.05, 0.1) is 23.3 Å². The Balaban J connectivity index is 1.29. The molecule has 0 atom stereocenters. The maximum Gasteiger partial charge on any atom is 0.216 e. The van der Waals surface area contributed by atoms with Crippen LogP contribution in [-0.2, 0) is 11.2 Å². The predicted octanol–water partition coefficient (Wildman–Crippen LogP) is 5.09. The van der Waals surface area contributed by atoms with Crippen molar-refractivity contribution in [1.29, 1.82) is 0 Å². The van der Waals surface area contributed by atoms with Gasteiger partial charge in [-0.2, -0.15) is 0 Å². The molecule has 5 nitrogen and oxygen atoms in total. The number of aliphatic imine (C=N–C) groups is 1. The van der Waals surface area contributed by atoms with Crippen molar-refractivity contribution in [2.24, 2.45) is 4.99 Å². The first-order valence-electron chi connectivity index (χ1n) is 9.24. The van der Waals surface area contributed by atoms with Crippen molar-refractivity contribution in [2.75, 3.05) is 19.8 Å². The molecule has 1 aliphatic heterocycles. The lowest BCUT2D eigenvalue weighted by molar-refractivity contribution is 0.302. The van der Waals surface area contributed by atoms with E-state index in [1.807, 2.05) is 31.2 Å². The summed E-state index contributed by atoms with van der Waals surface area (Å²) in [6.07, 6.45) is 6.79. The fraction of sp³-hybridized carbons (Fsp3) is 0.500. The van der Waals surface area contributed by atoms with Gasteiger partial charge in [0, 0.05) is 18.1 Å². The van der Waals surface area contributed by atoms with Crippen LogP contribution in [0.5, 0.6) is 5.75 Å². The minimum absolute atomic E-state index is 0.670. The Labute approximate surface area is 162 Å². The molecule has 0 amide bonds. The van der Waals surface area contributed by atoms with Crippen LogP contribution in [0.25, 0.3) is 0 Å². The van der Waals surface area contributed by atoms with Gasteiger partial charge in [0.15, 0.2) is 0 Å². The molecule has 1 aliphatic rings. The third kappa shape index (κ3) is 5.59. The van der Waals surface area contributed by atoms with Crippen molar-refractivity contribution in [3.63, 3.8) is 0 Å². The van der Waals surface area contributed by atoms with Crippen LogP contribution in [0.15, 0.2) is 38.3 Å². The van der Waals surface area contributed by atoms with Gasteiger partial charge in [-0.15, -0.1) is 0 Å². The highest BCUT2D eigenvalue weighted by molar-refractivity contribution is 9.10. The first kappa shape index (κ1) is 19.0. The van der Waals surface area contributed by atoms with E-state index in [0.29, 0.717) is 6.61 Å². The summed E-state index contributed by atoms with van der Waals surface area (Å²) in [4.78, 5) is 4.33. The summed E-state index contributed by atoms with van der Waals surface area (Å²) in [5.41, 5.74) is 1.95. The second-order valence-corrected chi connectivity index (χ2v) is 7.34. The Morgan fingerprint density at radius 2 is 1.96 bits per heavy atom. The maximum absolute atomic E-state index is 5.88. The topological polar surface area (TPSA) is 56.9 Å². The van der Waals surface area contributed by atoms with Crippen molar-refractivity contribution < 1.29 is 14.0 Å². The molecule has 2 aromatic rings. The molecule has 0 saturated carbocycles. The Hall–Kier alpha value is -1.82. The Morgan fingerprint density at radius 3 is 2.69 bits per heavy atom. The number of unbranched alkanes of at least 4 members (excludes halogenated alkanes) is 4. The molecule has 0 bridgehead atoms. The van der Waals surface area contributed by atoms with Crippen LogP contribution in [0.2, 0.25) is 0 Å². The molecule has 3 rings (SSSR count). The lowest BCUT2D eigenvalue weighted by atomic mass is 10.1. The number of rotatable bonds is 10. The van der Waals surface area contributed by atoms with E-state index in [2.05, 4.69) is 26.1 Å². The molecule has 0 radical (unpaired) electrons. The molecule has 6 heteroatoms.